The lowest BCUT2D eigenvalue weighted by Crippen LogP contribution is -2.38. The molecular formula is C18H23N5O2S. The highest BCUT2D eigenvalue weighted by Gasteiger charge is 2.27. The summed E-state index contributed by atoms with van der Waals surface area (Å²) in [7, 11) is 0. The van der Waals surface area contributed by atoms with Gasteiger partial charge in [-0.3, -0.25) is 9.89 Å². The average Bonchev–Trinajstić information content (AvgIpc) is 3.17. The maximum absolute atomic E-state index is 12.6. The summed E-state index contributed by atoms with van der Waals surface area (Å²) in [6.45, 7) is 6.60. The van der Waals surface area contributed by atoms with Crippen molar-refractivity contribution in [3.05, 3.63) is 35.7 Å². The van der Waals surface area contributed by atoms with Crippen LogP contribution in [-0.4, -0.2) is 46.2 Å². The van der Waals surface area contributed by atoms with Crippen LogP contribution >= 0.6 is 11.8 Å². The molecule has 0 aliphatic carbocycles. The van der Waals surface area contributed by atoms with Crippen LogP contribution < -0.4 is 10.6 Å². The molecule has 3 amide bonds. The number of amides is 3. The minimum Gasteiger partial charge on any atom is -0.352 e. The Morgan fingerprint density at radius 2 is 2.08 bits per heavy atom. The van der Waals surface area contributed by atoms with E-state index in [1.165, 1.54) is 6.92 Å². The summed E-state index contributed by atoms with van der Waals surface area (Å²) in [5.74, 6) is -0.0649. The zero-order valence-electron chi connectivity index (χ0n) is 15.1. The number of likely N-dealkylation sites (tertiary alicyclic amines) is 1. The Balaban J connectivity index is 1.69. The number of carbonyl (C=O) groups excluding carboxylic acids is 2. The Kier molecular flexibility index (Phi) is 5.51. The van der Waals surface area contributed by atoms with E-state index in [1.807, 2.05) is 38.1 Å². The summed E-state index contributed by atoms with van der Waals surface area (Å²) in [6, 6.07) is 7.61. The van der Waals surface area contributed by atoms with Crippen molar-refractivity contribution >= 4 is 29.4 Å². The molecule has 1 saturated heterocycles. The van der Waals surface area contributed by atoms with Gasteiger partial charge >= 0.3 is 6.03 Å². The van der Waals surface area contributed by atoms with Crippen LogP contribution in [0.15, 0.2) is 34.1 Å². The number of aromatic nitrogens is 2. The number of nitrogens with one attached hydrogen (secondary N) is 3. The molecular weight excluding hydrogens is 350 g/mol. The number of para-hydroxylation sites is 1. The van der Waals surface area contributed by atoms with Gasteiger partial charge in [0.15, 0.2) is 0 Å². The predicted octanol–water partition coefficient (Wildman–Crippen LogP) is 2.92. The maximum atomic E-state index is 12.6. The lowest BCUT2D eigenvalue weighted by Gasteiger charge is -2.19. The van der Waals surface area contributed by atoms with Gasteiger partial charge in [-0.05, 0) is 32.4 Å². The molecule has 2 aromatic rings. The molecule has 1 aliphatic heterocycles. The Bertz CT molecular complexity index is 800. The molecule has 1 atom stereocenters. The first-order valence-corrected chi connectivity index (χ1v) is 9.37. The first kappa shape index (κ1) is 18.3. The van der Waals surface area contributed by atoms with Crippen LogP contribution in [0.2, 0.25) is 0 Å². The van der Waals surface area contributed by atoms with Gasteiger partial charge < -0.3 is 15.5 Å². The predicted molar refractivity (Wildman–Crippen MR) is 101 cm³/mol. The number of nitrogens with zero attached hydrogens (tertiary/aromatic N) is 2. The van der Waals surface area contributed by atoms with Crippen LogP contribution in [0, 0.1) is 13.8 Å². The molecule has 1 aliphatic rings. The van der Waals surface area contributed by atoms with Gasteiger partial charge in [0.25, 0.3) is 0 Å². The second-order valence-electron chi connectivity index (χ2n) is 6.42. The van der Waals surface area contributed by atoms with E-state index in [-0.39, 0.29) is 18.0 Å². The van der Waals surface area contributed by atoms with Crippen molar-refractivity contribution in [2.45, 2.75) is 43.0 Å². The molecule has 3 N–H and O–H groups in total. The summed E-state index contributed by atoms with van der Waals surface area (Å²) in [4.78, 5) is 27.6. The zero-order valence-corrected chi connectivity index (χ0v) is 15.9. The van der Waals surface area contributed by atoms with E-state index in [9.17, 15) is 9.59 Å². The number of H-pyrrole nitrogens is 1. The Labute approximate surface area is 156 Å². The van der Waals surface area contributed by atoms with Crippen LogP contribution in [0.4, 0.5) is 10.5 Å². The van der Waals surface area contributed by atoms with Crippen molar-refractivity contribution in [2.24, 2.45) is 0 Å². The molecule has 0 radical (unpaired) electrons. The smallest absolute Gasteiger partial charge is 0.321 e. The molecule has 0 saturated carbocycles. The number of rotatable bonds is 4. The number of benzene rings is 1. The number of carbonyl (C=O) groups is 2. The SMILES string of the molecule is CC(=O)NC1CCN(C(=O)Nc2ccccc2Sc2c(C)n[nH]c2C)C1. The standard InChI is InChI=1S/C18H23N5O2S/c1-11-17(12(2)22-21-11)26-16-7-5-4-6-15(16)20-18(25)23-9-8-14(10-23)19-13(3)24/h4-7,14H,8-10H2,1-3H3,(H,19,24)(H,20,25)(H,21,22). The Morgan fingerprint density at radius 3 is 2.77 bits per heavy atom. The average molecular weight is 373 g/mol. The number of aromatic amines is 1. The third-order valence-electron chi connectivity index (χ3n) is 4.28. The third kappa shape index (κ3) is 4.19. The van der Waals surface area contributed by atoms with Gasteiger partial charge in [-0.15, -0.1) is 0 Å². The van der Waals surface area contributed by atoms with Gasteiger partial charge in [-0.2, -0.15) is 5.10 Å². The first-order chi connectivity index (χ1) is 12.4. The molecule has 1 aromatic heterocycles. The topological polar surface area (TPSA) is 90.1 Å². The highest BCUT2D eigenvalue weighted by atomic mass is 32.2. The number of urea groups is 1. The minimum absolute atomic E-state index is 0.0269. The van der Waals surface area contributed by atoms with Gasteiger partial charge in [-0.1, -0.05) is 23.9 Å². The van der Waals surface area contributed by atoms with Crippen molar-refractivity contribution in [1.82, 2.24) is 20.4 Å². The fourth-order valence-corrected chi connectivity index (χ4v) is 3.99. The molecule has 26 heavy (non-hydrogen) atoms. The summed E-state index contributed by atoms with van der Waals surface area (Å²) in [5, 5.41) is 13.1. The number of hydrogen-bond acceptors (Lipinski definition) is 4. The van der Waals surface area contributed by atoms with E-state index in [4.69, 9.17) is 0 Å². The fraction of sp³-hybridized carbons (Fsp3) is 0.389. The Hall–Kier alpha value is -2.48. The van der Waals surface area contributed by atoms with Crippen LogP contribution in [0.5, 0.6) is 0 Å². The molecule has 0 bridgehead atoms. The molecule has 8 heteroatoms. The molecule has 1 fully saturated rings. The van der Waals surface area contributed by atoms with Crippen LogP contribution in [0.3, 0.4) is 0 Å². The van der Waals surface area contributed by atoms with Crippen molar-refractivity contribution in [3.63, 3.8) is 0 Å². The van der Waals surface area contributed by atoms with E-state index in [2.05, 4.69) is 20.8 Å². The molecule has 2 heterocycles. The van der Waals surface area contributed by atoms with E-state index >= 15 is 0 Å². The van der Waals surface area contributed by atoms with E-state index in [0.29, 0.717) is 13.1 Å². The van der Waals surface area contributed by atoms with Crippen molar-refractivity contribution in [3.8, 4) is 0 Å². The second kappa shape index (κ2) is 7.82. The van der Waals surface area contributed by atoms with Gasteiger partial charge in [0, 0.05) is 36.6 Å². The Morgan fingerprint density at radius 1 is 1.31 bits per heavy atom. The van der Waals surface area contributed by atoms with Gasteiger partial charge in [-0.25, -0.2) is 4.79 Å². The maximum Gasteiger partial charge on any atom is 0.321 e. The molecule has 1 unspecified atom stereocenters. The van der Waals surface area contributed by atoms with E-state index in [0.717, 1.165) is 33.3 Å². The quantitative estimate of drug-likeness (QED) is 0.769. The lowest BCUT2D eigenvalue weighted by atomic mass is 10.3. The van der Waals surface area contributed by atoms with Crippen molar-refractivity contribution in [1.29, 1.82) is 0 Å². The van der Waals surface area contributed by atoms with Crippen LogP contribution in [0.25, 0.3) is 0 Å². The molecule has 7 nitrogen and oxygen atoms in total. The third-order valence-corrected chi connectivity index (χ3v) is 5.67. The summed E-state index contributed by atoms with van der Waals surface area (Å²) in [6.07, 6.45) is 0.775. The summed E-state index contributed by atoms with van der Waals surface area (Å²) in [5.41, 5.74) is 2.71. The van der Waals surface area contributed by atoms with Crippen LogP contribution in [0.1, 0.15) is 24.7 Å². The van der Waals surface area contributed by atoms with Gasteiger partial charge in [0.1, 0.15) is 0 Å². The monoisotopic (exact) mass is 373 g/mol. The largest absolute Gasteiger partial charge is 0.352 e. The van der Waals surface area contributed by atoms with E-state index < -0.39 is 0 Å². The van der Waals surface area contributed by atoms with Gasteiger partial charge in [0.05, 0.1) is 16.3 Å². The highest BCUT2D eigenvalue weighted by Crippen LogP contribution is 2.36. The molecule has 138 valence electrons. The molecule has 1 aromatic carbocycles. The normalized spacial score (nSPS) is 16.6. The van der Waals surface area contributed by atoms with E-state index in [1.54, 1.807) is 16.7 Å². The summed E-state index contributed by atoms with van der Waals surface area (Å²) < 4.78 is 0. The number of anilines is 1. The second-order valence-corrected chi connectivity index (χ2v) is 7.48. The van der Waals surface area contributed by atoms with Crippen LogP contribution in [-0.2, 0) is 4.79 Å². The molecule has 0 spiro atoms. The fourth-order valence-electron chi connectivity index (χ4n) is 3.00. The minimum atomic E-state index is -0.147. The number of aryl methyl sites for hydroxylation is 2. The van der Waals surface area contributed by atoms with Crippen molar-refractivity contribution in [2.75, 3.05) is 18.4 Å². The lowest BCUT2D eigenvalue weighted by molar-refractivity contribution is -0.119. The highest BCUT2D eigenvalue weighted by molar-refractivity contribution is 7.99. The number of hydrogen-bond donors (Lipinski definition) is 3. The summed E-state index contributed by atoms with van der Waals surface area (Å²) >= 11 is 1.58. The van der Waals surface area contributed by atoms with Gasteiger partial charge in [0.2, 0.25) is 5.91 Å². The van der Waals surface area contributed by atoms with Crippen molar-refractivity contribution < 1.29 is 9.59 Å². The molecule has 3 rings (SSSR count). The first-order valence-electron chi connectivity index (χ1n) is 8.55. The zero-order chi connectivity index (χ0) is 18.7.